The van der Waals surface area contributed by atoms with E-state index in [0.29, 0.717) is 0 Å². The number of nitrogens with two attached hydrogens (primary N) is 1. The molecular weight excluding hydrogens is 263 g/mol. The fourth-order valence-corrected chi connectivity index (χ4v) is 1.63. The van der Waals surface area contributed by atoms with Crippen molar-refractivity contribution in [1.29, 1.82) is 5.26 Å². The Morgan fingerprint density at radius 1 is 1.60 bits per heavy atom. The maximum Gasteiger partial charge on any atom is 0.361 e. The van der Waals surface area contributed by atoms with E-state index in [-0.39, 0.29) is 29.2 Å². The summed E-state index contributed by atoms with van der Waals surface area (Å²) in [6.45, 7) is 1.85. The Hall–Kier alpha value is -2.88. The highest BCUT2D eigenvalue weighted by Crippen LogP contribution is 2.18. The lowest BCUT2D eigenvalue weighted by Crippen LogP contribution is -2.08. The minimum Gasteiger partial charge on any atom is -0.461 e. The summed E-state index contributed by atoms with van der Waals surface area (Å²) in [5, 5.41) is 12.6. The number of anilines is 1. The molecule has 0 aliphatic carbocycles. The second-order valence-electron chi connectivity index (χ2n) is 3.88. The van der Waals surface area contributed by atoms with Crippen LogP contribution in [0.3, 0.4) is 0 Å². The monoisotopic (exact) mass is 274 g/mol. The molecule has 1 heterocycles. The van der Waals surface area contributed by atoms with Crippen LogP contribution in [0.4, 0.5) is 10.1 Å². The van der Waals surface area contributed by atoms with Crippen molar-refractivity contribution in [2.75, 3.05) is 12.3 Å². The molecule has 0 aliphatic heterocycles. The molecule has 0 bridgehead atoms. The van der Waals surface area contributed by atoms with E-state index >= 15 is 0 Å². The van der Waals surface area contributed by atoms with Gasteiger partial charge in [0.2, 0.25) is 0 Å². The highest BCUT2D eigenvalue weighted by atomic mass is 19.1. The van der Waals surface area contributed by atoms with Gasteiger partial charge >= 0.3 is 5.97 Å². The molecule has 7 heteroatoms. The number of nitrogen functional groups attached to an aromatic ring is 1. The van der Waals surface area contributed by atoms with E-state index < -0.39 is 11.8 Å². The second-order valence-corrected chi connectivity index (χ2v) is 3.88. The first-order valence-electron chi connectivity index (χ1n) is 5.79. The Bertz CT molecular complexity index is 703. The van der Waals surface area contributed by atoms with Crippen molar-refractivity contribution < 1.29 is 13.9 Å². The largest absolute Gasteiger partial charge is 0.461 e. The summed E-state index contributed by atoms with van der Waals surface area (Å²) in [5.41, 5.74) is 5.95. The van der Waals surface area contributed by atoms with Gasteiger partial charge in [0.25, 0.3) is 0 Å². The Kier molecular flexibility index (Phi) is 3.66. The average Bonchev–Trinajstić information content (AvgIpc) is 2.80. The number of carbonyl (C=O) groups is 1. The molecule has 0 atom stereocenters. The van der Waals surface area contributed by atoms with Crippen molar-refractivity contribution in [3.8, 4) is 11.8 Å². The molecule has 0 unspecified atom stereocenters. The lowest BCUT2D eigenvalue weighted by atomic mass is 10.2. The van der Waals surface area contributed by atoms with Gasteiger partial charge in [-0.3, -0.25) is 0 Å². The van der Waals surface area contributed by atoms with Crippen molar-refractivity contribution in [2.45, 2.75) is 6.92 Å². The smallest absolute Gasteiger partial charge is 0.361 e. The SMILES string of the molecule is CCOC(=O)c1nn(-c2ccc(C#N)cc2F)cc1N. The minimum atomic E-state index is -0.669. The van der Waals surface area contributed by atoms with Crippen molar-refractivity contribution in [2.24, 2.45) is 0 Å². The lowest BCUT2D eigenvalue weighted by Gasteiger charge is -2.03. The molecule has 1 aromatic heterocycles. The Morgan fingerprint density at radius 3 is 2.95 bits per heavy atom. The lowest BCUT2D eigenvalue weighted by molar-refractivity contribution is 0.0520. The van der Waals surface area contributed by atoms with E-state index in [9.17, 15) is 9.18 Å². The summed E-state index contributed by atoms with van der Waals surface area (Å²) >= 11 is 0. The van der Waals surface area contributed by atoms with Crippen LogP contribution >= 0.6 is 0 Å². The Labute approximate surface area is 114 Å². The van der Waals surface area contributed by atoms with Crippen LogP contribution in [-0.4, -0.2) is 22.4 Å². The molecule has 0 aliphatic rings. The molecule has 2 aromatic rings. The molecule has 102 valence electrons. The van der Waals surface area contributed by atoms with Gasteiger partial charge in [-0.05, 0) is 25.1 Å². The van der Waals surface area contributed by atoms with E-state index in [1.165, 1.54) is 18.3 Å². The van der Waals surface area contributed by atoms with E-state index in [4.69, 9.17) is 15.7 Å². The highest BCUT2D eigenvalue weighted by Gasteiger charge is 2.17. The molecular formula is C13H11FN4O2. The van der Waals surface area contributed by atoms with E-state index in [0.717, 1.165) is 10.7 Å². The molecule has 0 saturated carbocycles. The summed E-state index contributed by atoms with van der Waals surface area (Å²) in [5.74, 6) is -1.31. The summed E-state index contributed by atoms with van der Waals surface area (Å²) in [7, 11) is 0. The molecule has 0 amide bonds. The molecule has 6 nitrogen and oxygen atoms in total. The number of carbonyl (C=O) groups excluding carboxylic acids is 1. The van der Waals surface area contributed by atoms with Gasteiger partial charge in [0.1, 0.15) is 11.5 Å². The third-order valence-corrected chi connectivity index (χ3v) is 2.53. The molecule has 0 fully saturated rings. The highest BCUT2D eigenvalue weighted by molar-refractivity contribution is 5.92. The summed E-state index contributed by atoms with van der Waals surface area (Å²) in [4.78, 5) is 11.6. The molecule has 0 radical (unpaired) electrons. The van der Waals surface area contributed by atoms with Gasteiger partial charge < -0.3 is 10.5 Å². The van der Waals surface area contributed by atoms with Crippen LogP contribution in [0.5, 0.6) is 0 Å². The van der Waals surface area contributed by atoms with Crippen LogP contribution < -0.4 is 5.73 Å². The first kappa shape index (κ1) is 13.5. The average molecular weight is 274 g/mol. The number of esters is 1. The normalized spacial score (nSPS) is 10.1. The van der Waals surface area contributed by atoms with Crippen LogP contribution in [0.2, 0.25) is 0 Å². The molecule has 1 aromatic carbocycles. The zero-order chi connectivity index (χ0) is 14.7. The number of nitriles is 1. The topological polar surface area (TPSA) is 93.9 Å². The van der Waals surface area contributed by atoms with Crippen molar-refractivity contribution >= 4 is 11.7 Å². The summed E-state index contributed by atoms with van der Waals surface area (Å²) in [6.07, 6.45) is 1.32. The molecule has 0 spiro atoms. The zero-order valence-electron chi connectivity index (χ0n) is 10.6. The van der Waals surface area contributed by atoms with Gasteiger partial charge in [-0.2, -0.15) is 10.4 Å². The van der Waals surface area contributed by atoms with Gasteiger partial charge in [-0.15, -0.1) is 0 Å². The predicted octanol–water partition coefficient (Wildman–Crippen LogP) is 1.64. The quantitative estimate of drug-likeness (QED) is 0.859. The Balaban J connectivity index is 2.42. The fourth-order valence-electron chi connectivity index (χ4n) is 1.63. The summed E-state index contributed by atoms with van der Waals surface area (Å²) < 4.78 is 19.8. The van der Waals surface area contributed by atoms with Crippen LogP contribution in [0, 0.1) is 17.1 Å². The standard InChI is InChI=1S/C13H11FN4O2/c1-2-20-13(19)12-10(16)7-18(17-12)11-4-3-8(6-15)5-9(11)14/h3-5,7H,2,16H2,1H3. The van der Waals surface area contributed by atoms with Gasteiger partial charge in [0, 0.05) is 0 Å². The molecule has 2 N–H and O–H groups in total. The third-order valence-electron chi connectivity index (χ3n) is 2.53. The number of hydrogen-bond acceptors (Lipinski definition) is 5. The Morgan fingerprint density at radius 2 is 2.35 bits per heavy atom. The van der Waals surface area contributed by atoms with Crippen LogP contribution in [0.15, 0.2) is 24.4 Å². The van der Waals surface area contributed by atoms with Gasteiger partial charge in [-0.1, -0.05) is 0 Å². The number of rotatable bonds is 3. The van der Waals surface area contributed by atoms with Gasteiger partial charge in [0.05, 0.1) is 30.1 Å². The number of halogens is 1. The van der Waals surface area contributed by atoms with E-state index in [2.05, 4.69) is 5.10 Å². The third kappa shape index (κ3) is 2.44. The number of ether oxygens (including phenoxy) is 1. The second kappa shape index (κ2) is 5.40. The zero-order valence-corrected chi connectivity index (χ0v) is 10.6. The first-order valence-corrected chi connectivity index (χ1v) is 5.79. The molecule has 20 heavy (non-hydrogen) atoms. The van der Waals surface area contributed by atoms with Crippen LogP contribution in [0.25, 0.3) is 5.69 Å². The van der Waals surface area contributed by atoms with E-state index in [1.807, 2.05) is 6.07 Å². The van der Waals surface area contributed by atoms with Gasteiger partial charge in [0.15, 0.2) is 5.69 Å². The number of hydrogen-bond donors (Lipinski definition) is 1. The molecule has 0 saturated heterocycles. The number of benzene rings is 1. The van der Waals surface area contributed by atoms with Gasteiger partial charge in [-0.25, -0.2) is 13.9 Å². The predicted molar refractivity (Wildman–Crippen MR) is 68.6 cm³/mol. The number of aromatic nitrogens is 2. The minimum absolute atomic E-state index is 0.0735. The van der Waals surface area contributed by atoms with Crippen molar-refractivity contribution in [3.63, 3.8) is 0 Å². The van der Waals surface area contributed by atoms with Crippen LogP contribution in [0.1, 0.15) is 23.0 Å². The van der Waals surface area contributed by atoms with Crippen molar-refractivity contribution in [3.05, 3.63) is 41.5 Å². The number of nitrogens with zero attached hydrogens (tertiary/aromatic N) is 3. The summed E-state index contributed by atoms with van der Waals surface area (Å²) in [6, 6.07) is 5.74. The fraction of sp³-hybridized carbons (Fsp3) is 0.154. The van der Waals surface area contributed by atoms with Crippen molar-refractivity contribution in [1.82, 2.24) is 9.78 Å². The maximum atomic E-state index is 13.8. The maximum absolute atomic E-state index is 13.8. The molecule has 2 rings (SSSR count). The van der Waals surface area contributed by atoms with E-state index in [1.54, 1.807) is 6.92 Å². The van der Waals surface area contributed by atoms with Crippen LogP contribution in [-0.2, 0) is 4.74 Å². The first-order chi connectivity index (χ1) is 9.56.